The van der Waals surface area contributed by atoms with Crippen molar-refractivity contribution in [2.75, 3.05) is 24.2 Å². The number of aryl methyl sites for hydroxylation is 2. The van der Waals surface area contributed by atoms with Crippen molar-refractivity contribution in [1.29, 1.82) is 0 Å². The molecule has 3 aromatic carbocycles. The maximum Gasteiger partial charge on any atom is 0.245 e. The molecule has 0 aliphatic rings. The summed E-state index contributed by atoms with van der Waals surface area (Å²) in [6.07, 6.45) is 1.78. The number of nitrogens with one attached hydrogen (secondary N) is 1. The minimum Gasteiger partial charge on any atom is -0.333 e. The van der Waals surface area contributed by atoms with Crippen LogP contribution in [0.3, 0.4) is 0 Å². The van der Waals surface area contributed by atoms with Crippen LogP contribution in [0.1, 0.15) is 31.0 Å². The van der Waals surface area contributed by atoms with Gasteiger partial charge in [-0.15, -0.1) is 11.8 Å². The number of nitrogens with zero attached hydrogens (tertiary/aromatic N) is 3. The lowest BCUT2D eigenvalue weighted by Crippen LogP contribution is -2.40. The van der Waals surface area contributed by atoms with E-state index >= 15 is 0 Å². The van der Waals surface area contributed by atoms with E-state index in [9.17, 15) is 9.59 Å². The SMILES string of the molecule is CCCCN(CC(=O)Nc1c(-c2ccccc2)c(C)nn1-c1ccccc1C)C(=O)CSc1ccccc1. The van der Waals surface area contributed by atoms with Gasteiger partial charge in [0.2, 0.25) is 11.8 Å². The van der Waals surface area contributed by atoms with E-state index in [2.05, 4.69) is 12.2 Å². The Hall–Kier alpha value is -3.84. The summed E-state index contributed by atoms with van der Waals surface area (Å²) in [6.45, 7) is 6.58. The fourth-order valence-electron chi connectivity index (χ4n) is 4.31. The molecule has 1 aromatic heterocycles. The summed E-state index contributed by atoms with van der Waals surface area (Å²) < 4.78 is 1.80. The molecule has 0 saturated carbocycles. The predicted molar refractivity (Wildman–Crippen MR) is 156 cm³/mol. The normalized spacial score (nSPS) is 10.8. The van der Waals surface area contributed by atoms with Crippen LogP contribution in [0.5, 0.6) is 0 Å². The minimum absolute atomic E-state index is 0.0135. The van der Waals surface area contributed by atoms with E-state index in [1.807, 2.05) is 98.8 Å². The highest BCUT2D eigenvalue weighted by atomic mass is 32.2. The first-order valence-electron chi connectivity index (χ1n) is 12.9. The molecule has 0 saturated heterocycles. The van der Waals surface area contributed by atoms with Crippen molar-refractivity contribution in [2.24, 2.45) is 0 Å². The molecule has 0 aliphatic heterocycles. The van der Waals surface area contributed by atoms with E-state index in [-0.39, 0.29) is 24.1 Å². The zero-order valence-corrected chi connectivity index (χ0v) is 23.0. The van der Waals surface area contributed by atoms with Crippen molar-refractivity contribution in [1.82, 2.24) is 14.7 Å². The highest BCUT2D eigenvalue weighted by Gasteiger charge is 2.23. The van der Waals surface area contributed by atoms with Crippen molar-refractivity contribution >= 4 is 29.4 Å². The molecule has 38 heavy (non-hydrogen) atoms. The molecule has 4 aromatic rings. The Balaban J connectivity index is 1.60. The number of carbonyl (C=O) groups is 2. The fraction of sp³-hybridized carbons (Fsp3) is 0.258. The largest absolute Gasteiger partial charge is 0.333 e. The molecular weight excluding hydrogens is 492 g/mol. The summed E-state index contributed by atoms with van der Waals surface area (Å²) in [5, 5.41) is 7.94. The van der Waals surface area contributed by atoms with Crippen LogP contribution < -0.4 is 5.32 Å². The lowest BCUT2D eigenvalue weighted by Gasteiger charge is -2.22. The van der Waals surface area contributed by atoms with Crippen molar-refractivity contribution in [3.8, 4) is 16.8 Å². The van der Waals surface area contributed by atoms with Gasteiger partial charge in [-0.05, 0) is 49.6 Å². The van der Waals surface area contributed by atoms with E-state index in [1.54, 1.807) is 9.58 Å². The monoisotopic (exact) mass is 526 g/mol. The lowest BCUT2D eigenvalue weighted by atomic mass is 10.1. The Morgan fingerprint density at radius 3 is 2.26 bits per heavy atom. The Morgan fingerprint density at radius 1 is 0.921 bits per heavy atom. The Bertz CT molecular complexity index is 1370. The van der Waals surface area contributed by atoms with Crippen LogP contribution in [-0.4, -0.2) is 45.3 Å². The van der Waals surface area contributed by atoms with Crippen LogP contribution in [0.4, 0.5) is 5.82 Å². The highest BCUT2D eigenvalue weighted by Crippen LogP contribution is 2.34. The molecule has 2 amide bonds. The minimum atomic E-state index is -0.244. The molecule has 4 rings (SSSR count). The summed E-state index contributed by atoms with van der Waals surface area (Å²) in [6, 6.07) is 27.7. The number of para-hydroxylation sites is 1. The molecule has 0 bridgehead atoms. The van der Waals surface area contributed by atoms with Crippen LogP contribution in [0.2, 0.25) is 0 Å². The van der Waals surface area contributed by atoms with Gasteiger partial charge in [0, 0.05) is 17.0 Å². The second-order valence-electron chi connectivity index (χ2n) is 9.19. The number of amides is 2. The van der Waals surface area contributed by atoms with Crippen molar-refractivity contribution in [2.45, 2.75) is 38.5 Å². The molecule has 0 atom stereocenters. The number of unbranched alkanes of at least 4 members (excludes halogenated alkanes) is 1. The van der Waals surface area contributed by atoms with Gasteiger partial charge in [0.1, 0.15) is 5.82 Å². The second-order valence-corrected chi connectivity index (χ2v) is 10.2. The van der Waals surface area contributed by atoms with E-state index in [0.29, 0.717) is 12.4 Å². The molecule has 1 heterocycles. The molecule has 196 valence electrons. The average Bonchev–Trinajstić information content (AvgIpc) is 3.25. The fourth-order valence-corrected chi connectivity index (χ4v) is 5.13. The quantitative estimate of drug-likeness (QED) is 0.226. The van der Waals surface area contributed by atoms with E-state index in [0.717, 1.165) is 45.8 Å². The number of rotatable bonds is 11. The molecule has 0 unspecified atom stereocenters. The van der Waals surface area contributed by atoms with E-state index in [1.165, 1.54) is 11.8 Å². The number of anilines is 1. The second kappa shape index (κ2) is 13.1. The van der Waals surface area contributed by atoms with Gasteiger partial charge in [-0.1, -0.05) is 80.1 Å². The van der Waals surface area contributed by atoms with Gasteiger partial charge in [-0.25, -0.2) is 4.68 Å². The van der Waals surface area contributed by atoms with E-state index < -0.39 is 0 Å². The van der Waals surface area contributed by atoms with Gasteiger partial charge in [-0.2, -0.15) is 5.10 Å². The molecular formula is C31H34N4O2S. The summed E-state index contributed by atoms with van der Waals surface area (Å²) in [5.41, 5.74) is 4.59. The van der Waals surface area contributed by atoms with Crippen molar-refractivity contribution in [3.63, 3.8) is 0 Å². The number of hydrogen-bond donors (Lipinski definition) is 1. The Morgan fingerprint density at radius 2 is 1.58 bits per heavy atom. The molecule has 0 fully saturated rings. The lowest BCUT2D eigenvalue weighted by molar-refractivity contribution is -0.132. The van der Waals surface area contributed by atoms with Crippen LogP contribution in [0.15, 0.2) is 89.8 Å². The van der Waals surface area contributed by atoms with Gasteiger partial charge in [-0.3, -0.25) is 9.59 Å². The summed E-state index contributed by atoms with van der Waals surface area (Å²) in [4.78, 5) is 29.3. The highest BCUT2D eigenvalue weighted by molar-refractivity contribution is 8.00. The number of benzene rings is 3. The third-order valence-corrected chi connectivity index (χ3v) is 7.30. The van der Waals surface area contributed by atoms with Crippen LogP contribution >= 0.6 is 11.8 Å². The maximum absolute atomic E-state index is 13.5. The zero-order chi connectivity index (χ0) is 26.9. The van der Waals surface area contributed by atoms with Crippen LogP contribution in [0.25, 0.3) is 16.8 Å². The maximum atomic E-state index is 13.5. The van der Waals surface area contributed by atoms with Crippen molar-refractivity contribution in [3.05, 3.63) is 96.2 Å². The Kier molecular flexibility index (Phi) is 9.38. The van der Waals surface area contributed by atoms with Crippen LogP contribution in [-0.2, 0) is 9.59 Å². The zero-order valence-electron chi connectivity index (χ0n) is 22.2. The average molecular weight is 527 g/mol. The molecule has 0 radical (unpaired) electrons. The summed E-state index contributed by atoms with van der Waals surface area (Å²) in [7, 11) is 0. The first-order valence-corrected chi connectivity index (χ1v) is 13.9. The topological polar surface area (TPSA) is 67.2 Å². The third-order valence-electron chi connectivity index (χ3n) is 6.30. The van der Waals surface area contributed by atoms with Crippen molar-refractivity contribution < 1.29 is 9.59 Å². The molecule has 0 aliphatic carbocycles. The molecule has 6 nitrogen and oxygen atoms in total. The summed E-state index contributed by atoms with van der Waals surface area (Å²) >= 11 is 1.49. The smallest absolute Gasteiger partial charge is 0.245 e. The van der Waals surface area contributed by atoms with Gasteiger partial charge >= 0.3 is 0 Å². The predicted octanol–water partition coefficient (Wildman–Crippen LogP) is 6.52. The molecule has 0 spiro atoms. The van der Waals surface area contributed by atoms with Gasteiger partial charge in [0.25, 0.3) is 0 Å². The molecule has 1 N–H and O–H groups in total. The standard InChI is InChI=1S/C31H34N4O2S/c1-4-5-20-34(29(37)22-38-26-17-10-7-11-18-26)21-28(36)32-31-30(25-15-8-6-9-16-25)24(3)33-35(31)27-19-13-12-14-23(27)2/h6-19H,4-5,20-22H2,1-3H3,(H,32,36). The van der Waals surface area contributed by atoms with Gasteiger partial charge in [0.05, 0.1) is 23.7 Å². The molecule has 7 heteroatoms. The first-order chi connectivity index (χ1) is 18.5. The Labute approximate surface area is 229 Å². The number of hydrogen-bond acceptors (Lipinski definition) is 4. The third kappa shape index (κ3) is 6.72. The first kappa shape index (κ1) is 27.2. The number of aromatic nitrogens is 2. The van der Waals surface area contributed by atoms with Gasteiger partial charge < -0.3 is 10.2 Å². The van der Waals surface area contributed by atoms with E-state index in [4.69, 9.17) is 5.10 Å². The van der Waals surface area contributed by atoms with Crippen LogP contribution in [0, 0.1) is 13.8 Å². The summed E-state index contributed by atoms with van der Waals surface area (Å²) in [5.74, 6) is 0.603. The number of thioether (sulfide) groups is 1. The van der Waals surface area contributed by atoms with Gasteiger partial charge in [0.15, 0.2) is 0 Å². The number of carbonyl (C=O) groups excluding carboxylic acids is 2.